The number of rotatable bonds is 0. The molecular weight excluding hydrogens is 196 g/mol. The Balaban J connectivity index is 1.77. The number of aliphatic hydroxyl groups is 1. The van der Waals surface area contributed by atoms with E-state index in [1.807, 2.05) is 0 Å². The minimum Gasteiger partial charge on any atom is -0.393 e. The quantitative estimate of drug-likeness (QED) is 0.662. The van der Waals surface area contributed by atoms with Crippen molar-refractivity contribution in [1.29, 1.82) is 0 Å². The number of aliphatic hydroxyl groups excluding tert-OH is 1. The molecule has 0 aliphatic heterocycles. The first kappa shape index (κ1) is 11.1. The molecule has 0 saturated heterocycles. The summed E-state index contributed by atoms with van der Waals surface area (Å²) in [6, 6.07) is 0. The zero-order chi connectivity index (χ0) is 11.2. The van der Waals surface area contributed by atoms with Crippen molar-refractivity contribution in [2.45, 2.75) is 70.8 Å². The molecular formula is C15H26O. The highest BCUT2D eigenvalue weighted by atomic mass is 16.3. The molecule has 0 spiro atoms. The molecule has 1 heteroatoms. The van der Waals surface area contributed by atoms with Gasteiger partial charge in [-0.15, -0.1) is 0 Å². The second kappa shape index (κ2) is 4.01. The molecule has 3 aliphatic carbocycles. The van der Waals surface area contributed by atoms with Crippen molar-refractivity contribution >= 4 is 0 Å². The summed E-state index contributed by atoms with van der Waals surface area (Å²) in [7, 11) is 0. The van der Waals surface area contributed by atoms with Crippen LogP contribution in [0.4, 0.5) is 0 Å². The smallest absolute Gasteiger partial charge is 0.0576 e. The van der Waals surface area contributed by atoms with Gasteiger partial charge in [0, 0.05) is 0 Å². The maximum Gasteiger partial charge on any atom is 0.0576 e. The van der Waals surface area contributed by atoms with Gasteiger partial charge in [0.1, 0.15) is 0 Å². The molecule has 0 radical (unpaired) electrons. The van der Waals surface area contributed by atoms with Crippen LogP contribution in [0, 0.1) is 23.2 Å². The van der Waals surface area contributed by atoms with Crippen LogP contribution in [0.1, 0.15) is 64.7 Å². The summed E-state index contributed by atoms with van der Waals surface area (Å²) in [5.41, 5.74) is 0.522. The average molecular weight is 222 g/mol. The molecule has 0 heterocycles. The molecule has 0 amide bonds. The second-order valence-electron chi connectivity index (χ2n) is 6.75. The largest absolute Gasteiger partial charge is 0.393 e. The highest BCUT2D eigenvalue weighted by Gasteiger charge is 2.62. The van der Waals surface area contributed by atoms with Crippen LogP contribution in [-0.4, -0.2) is 11.2 Å². The summed E-state index contributed by atoms with van der Waals surface area (Å²) in [6.07, 6.45) is 12.5. The minimum atomic E-state index is 0.0343. The molecule has 5 unspecified atom stereocenters. The lowest BCUT2D eigenvalue weighted by Gasteiger charge is -2.58. The fourth-order valence-corrected chi connectivity index (χ4v) is 5.27. The van der Waals surface area contributed by atoms with E-state index in [4.69, 9.17) is 0 Å². The lowest BCUT2D eigenvalue weighted by molar-refractivity contribution is -0.131. The first-order valence-corrected chi connectivity index (χ1v) is 7.41. The monoisotopic (exact) mass is 222 g/mol. The van der Waals surface area contributed by atoms with E-state index in [0.29, 0.717) is 11.3 Å². The van der Waals surface area contributed by atoms with Gasteiger partial charge in [-0.25, -0.2) is 0 Å². The van der Waals surface area contributed by atoms with Crippen molar-refractivity contribution in [1.82, 2.24) is 0 Å². The normalized spacial score (nSPS) is 52.9. The average Bonchev–Trinajstić information content (AvgIpc) is 2.56. The Bertz CT molecular complexity index is 262. The van der Waals surface area contributed by atoms with Gasteiger partial charge in [0.05, 0.1) is 6.10 Å². The maximum absolute atomic E-state index is 10.2. The van der Waals surface area contributed by atoms with Gasteiger partial charge in [-0.2, -0.15) is 0 Å². The Morgan fingerprint density at radius 3 is 2.44 bits per heavy atom. The van der Waals surface area contributed by atoms with Crippen molar-refractivity contribution in [3.8, 4) is 0 Å². The van der Waals surface area contributed by atoms with E-state index < -0.39 is 0 Å². The zero-order valence-electron chi connectivity index (χ0n) is 10.6. The Kier molecular flexibility index (Phi) is 2.78. The summed E-state index contributed by atoms with van der Waals surface area (Å²) in [5, 5.41) is 10.2. The molecule has 16 heavy (non-hydrogen) atoms. The van der Waals surface area contributed by atoms with E-state index in [2.05, 4.69) is 6.92 Å². The van der Waals surface area contributed by atoms with Crippen LogP contribution in [0.5, 0.6) is 0 Å². The van der Waals surface area contributed by atoms with Crippen LogP contribution >= 0.6 is 0 Å². The van der Waals surface area contributed by atoms with E-state index in [9.17, 15) is 5.11 Å². The van der Waals surface area contributed by atoms with Gasteiger partial charge in [-0.3, -0.25) is 0 Å². The zero-order valence-corrected chi connectivity index (χ0v) is 10.6. The van der Waals surface area contributed by atoms with Gasteiger partial charge in [-0.1, -0.05) is 39.0 Å². The molecule has 5 atom stereocenters. The Labute approximate surface area is 99.6 Å². The molecule has 0 aromatic carbocycles. The Hall–Kier alpha value is -0.0400. The van der Waals surface area contributed by atoms with Crippen LogP contribution in [-0.2, 0) is 0 Å². The standard InChI is InChI=1S/C15H26O/c1-15-10-9-13(16)14(15)11-7-5-3-2-4-6-8-12(11)15/h11-14,16H,2-10H2,1H3. The highest BCUT2D eigenvalue weighted by Crippen LogP contribution is 2.67. The van der Waals surface area contributed by atoms with E-state index in [0.717, 1.165) is 18.3 Å². The highest BCUT2D eigenvalue weighted by molar-refractivity contribution is 5.11. The second-order valence-corrected chi connectivity index (χ2v) is 6.75. The molecule has 0 bridgehead atoms. The summed E-state index contributed by atoms with van der Waals surface area (Å²) >= 11 is 0. The third-order valence-electron chi connectivity index (χ3n) is 6.03. The van der Waals surface area contributed by atoms with E-state index in [1.165, 1.54) is 51.4 Å². The Morgan fingerprint density at radius 1 is 0.938 bits per heavy atom. The third-order valence-corrected chi connectivity index (χ3v) is 6.03. The van der Waals surface area contributed by atoms with E-state index in [1.54, 1.807) is 0 Å². The van der Waals surface area contributed by atoms with Crippen LogP contribution in [0.3, 0.4) is 0 Å². The molecule has 0 aromatic rings. The van der Waals surface area contributed by atoms with Crippen molar-refractivity contribution < 1.29 is 5.11 Å². The molecule has 92 valence electrons. The lowest BCUT2D eigenvalue weighted by atomic mass is 9.46. The van der Waals surface area contributed by atoms with Crippen molar-refractivity contribution in [3.63, 3.8) is 0 Å². The van der Waals surface area contributed by atoms with Gasteiger partial charge < -0.3 is 5.11 Å². The summed E-state index contributed by atoms with van der Waals surface area (Å²) < 4.78 is 0. The van der Waals surface area contributed by atoms with Gasteiger partial charge in [0.2, 0.25) is 0 Å². The maximum atomic E-state index is 10.2. The van der Waals surface area contributed by atoms with Crippen LogP contribution in [0.15, 0.2) is 0 Å². The van der Waals surface area contributed by atoms with Crippen LogP contribution < -0.4 is 0 Å². The van der Waals surface area contributed by atoms with Crippen molar-refractivity contribution in [2.24, 2.45) is 23.2 Å². The van der Waals surface area contributed by atoms with Gasteiger partial charge in [-0.05, 0) is 48.9 Å². The number of hydrogen-bond acceptors (Lipinski definition) is 1. The SMILES string of the molecule is CC12CCC(O)C1C1CCCCCCCC12. The predicted octanol–water partition coefficient (Wildman–Crippen LogP) is 3.75. The molecule has 3 fully saturated rings. The first-order chi connectivity index (χ1) is 7.73. The summed E-state index contributed by atoms with van der Waals surface area (Å²) in [4.78, 5) is 0. The fraction of sp³-hybridized carbons (Fsp3) is 1.00. The molecule has 0 aromatic heterocycles. The van der Waals surface area contributed by atoms with Gasteiger partial charge in [0.25, 0.3) is 0 Å². The molecule has 3 saturated carbocycles. The number of hydrogen-bond donors (Lipinski definition) is 1. The lowest BCUT2D eigenvalue weighted by Crippen LogP contribution is -2.55. The summed E-state index contributed by atoms with van der Waals surface area (Å²) in [5.74, 6) is 2.49. The van der Waals surface area contributed by atoms with E-state index in [-0.39, 0.29) is 6.10 Å². The molecule has 1 N–H and O–H groups in total. The van der Waals surface area contributed by atoms with Crippen molar-refractivity contribution in [3.05, 3.63) is 0 Å². The summed E-state index contributed by atoms with van der Waals surface area (Å²) in [6.45, 7) is 2.47. The minimum absolute atomic E-state index is 0.0343. The van der Waals surface area contributed by atoms with Crippen LogP contribution in [0.25, 0.3) is 0 Å². The number of fused-ring (bicyclic) bond motifs is 4. The Morgan fingerprint density at radius 2 is 1.62 bits per heavy atom. The van der Waals surface area contributed by atoms with Gasteiger partial charge >= 0.3 is 0 Å². The predicted molar refractivity (Wildman–Crippen MR) is 66.1 cm³/mol. The van der Waals surface area contributed by atoms with Gasteiger partial charge in [0.15, 0.2) is 0 Å². The fourth-order valence-electron chi connectivity index (χ4n) is 5.27. The van der Waals surface area contributed by atoms with Crippen LogP contribution in [0.2, 0.25) is 0 Å². The molecule has 3 aliphatic rings. The third kappa shape index (κ3) is 1.47. The van der Waals surface area contributed by atoms with E-state index >= 15 is 0 Å². The van der Waals surface area contributed by atoms with Crippen molar-refractivity contribution in [2.75, 3.05) is 0 Å². The first-order valence-electron chi connectivity index (χ1n) is 7.41. The molecule has 3 rings (SSSR count). The topological polar surface area (TPSA) is 20.2 Å². The molecule has 1 nitrogen and oxygen atoms in total.